The first-order valence-electron chi connectivity index (χ1n) is 5.05. The maximum absolute atomic E-state index is 9.62. The molecule has 2 aromatic carbocycles. The predicted octanol–water partition coefficient (Wildman–Crippen LogP) is 2.95. The lowest BCUT2D eigenvalue weighted by molar-refractivity contribution is -0.378. The van der Waals surface area contributed by atoms with E-state index in [4.69, 9.17) is 0 Å². The average molecular weight is 211 g/mol. The van der Waals surface area contributed by atoms with Gasteiger partial charge in [0, 0.05) is 0 Å². The van der Waals surface area contributed by atoms with Crippen molar-refractivity contribution in [1.29, 1.82) is 0 Å². The van der Waals surface area contributed by atoms with Gasteiger partial charge in [-0.2, -0.15) is 0 Å². The van der Waals surface area contributed by atoms with E-state index in [0.29, 0.717) is 0 Å². The van der Waals surface area contributed by atoms with E-state index >= 15 is 0 Å². The lowest BCUT2D eigenvalue weighted by Crippen LogP contribution is -1.99. The molecule has 1 N–H and O–H groups in total. The number of para-hydroxylation sites is 2. The zero-order valence-electron chi connectivity index (χ0n) is 8.88. The van der Waals surface area contributed by atoms with Gasteiger partial charge in [-0.3, -0.25) is 4.58 Å². The SMILES string of the molecule is C=[N+]([CH-]c1ccccc1O)c1ccccc1. The van der Waals surface area contributed by atoms with Gasteiger partial charge in [-0.25, -0.2) is 0 Å². The smallest absolute Gasteiger partial charge is 0.147 e. The Morgan fingerprint density at radius 2 is 1.56 bits per heavy atom. The van der Waals surface area contributed by atoms with Crippen molar-refractivity contribution in [1.82, 2.24) is 0 Å². The highest BCUT2D eigenvalue weighted by molar-refractivity contribution is 5.39. The van der Waals surface area contributed by atoms with Gasteiger partial charge in [-0.15, -0.1) is 6.07 Å². The first-order chi connectivity index (χ1) is 7.77. The molecular formula is C14H13NO. The highest BCUT2D eigenvalue weighted by Crippen LogP contribution is 2.21. The van der Waals surface area contributed by atoms with Crippen LogP contribution < -0.4 is 0 Å². The second-order valence-corrected chi connectivity index (χ2v) is 3.49. The van der Waals surface area contributed by atoms with Crippen LogP contribution in [-0.4, -0.2) is 16.4 Å². The van der Waals surface area contributed by atoms with Crippen LogP contribution in [0.2, 0.25) is 0 Å². The second kappa shape index (κ2) is 4.53. The van der Waals surface area contributed by atoms with Gasteiger partial charge in [-0.1, -0.05) is 36.4 Å². The number of hydrogen-bond acceptors (Lipinski definition) is 1. The first kappa shape index (κ1) is 10.3. The summed E-state index contributed by atoms with van der Waals surface area (Å²) in [6.45, 7) is 5.71. The Hall–Kier alpha value is -2.22. The molecule has 80 valence electrons. The van der Waals surface area contributed by atoms with Crippen LogP contribution in [0.3, 0.4) is 0 Å². The highest BCUT2D eigenvalue weighted by atomic mass is 16.3. The van der Waals surface area contributed by atoms with Gasteiger partial charge in [-0.05, 0) is 17.7 Å². The lowest BCUT2D eigenvalue weighted by Gasteiger charge is -2.09. The van der Waals surface area contributed by atoms with Crippen molar-refractivity contribution >= 4 is 12.4 Å². The summed E-state index contributed by atoms with van der Waals surface area (Å²) < 4.78 is 1.73. The van der Waals surface area contributed by atoms with Gasteiger partial charge in [0.2, 0.25) is 0 Å². The monoisotopic (exact) mass is 211 g/mol. The van der Waals surface area contributed by atoms with Gasteiger partial charge in [0.1, 0.15) is 12.2 Å². The van der Waals surface area contributed by atoms with Crippen molar-refractivity contribution in [2.45, 2.75) is 0 Å². The van der Waals surface area contributed by atoms with Crippen LogP contribution in [0.5, 0.6) is 5.75 Å². The van der Waals surface area contributed by atoms with E-state index in [2.05, 4.69) is 6.72 Å². The molecule has 2 nitrogen and oxygen atoms in total. The molecule has 2 aromatic rings. The van der Waals surface area contributed by atoms with Crippen LogP contribution in [0.15, 0.2) is 54.6 Å². The standard InChI is InChI=1S/C14H13NO/c1-15(13-8-3-2-4-9-13)11-12-7-5-6-10-14(12)16/h2-11,16H,1H2. The maximum atomic E-state index is 9.62. The molecule has 2 rings (SSSR count). The molecule has 0 saturated heterocycles. The van der Waals surface area contributed by atoms with E-state index in [-0.39, 0.29) is 5.75 Å². The molecule has 0 bridgehead atoms. The number of nitrogens with zero attached hydrogens (tertiary/aromatic N) is 1. The van der Waals surface area contributed by atoms with E-state index in [9.17, 15) is 5.11 Å². The van der Waals surface area contributed by atoms with E-state index in [1.807, 2.05) is 42.5 Å². The largest absolute Gasteiger partial charge is 0.542 e. The van der Waals surface area contributed by atoms with Crippen LogP contribution in [0.4, 0.5) is 5.69 Å². The third kappa shape index (κ3) is 2.23. The average Bonchev–Trinajstić information content (AvgIpc) is 2.33. The van der Waals surface area contributed by atoms with Gasteiger partial charge >= 0.3 is 0 Å². The van der Waals surface area contributed by atoms with Crippen LogP contribution in [-0.2, 0) is 0 Å². The Balaban J connectivity index is 2.18. The lowest BCUT2D eigenvalue weighted by atomic mass is 10.2. The van der Waals surface area contributed by atoms with Gasteiger partial charge < -0.3 is 5.11 Å². The Morgan fingerprint density at radius 1 is 0.938 bits per heavy atom. The van der Waals surface area contributed by atoms with Crippen molar-refractivity contribution in [2.24, 2.45) is 0 Å². The summed E-state index contributed by atoms with van der Waals surface area (Å²) in [4.78, 5) is 0. The van der Waals surface area contributed by atoms with Crippen molar-refractivity contribution < 1.29 is 9.68 Å². The van der Waals surface area contributed by atoms with E-state index in [0.717, 1.165) is 11.3 Å². The Morgan fingerprint density at radius 3 is 2.25 bits per heavy atom. The summed E-state index contributed by atoms with van der Waals surface area (Å²) in [5, 5.41) is 9.62. The van der Waals surface area contributed by atoms with Crippen molar-refractivity contribution in [3.8, 4) is 5.75 Å². The summed E-state index contributed by atoms with van der Waals surface area (Å²) in [5.74, 6) is 0.257. The highest BCUT2D eigenvalue weighted by Gasteiger charge is 2.03. The Labute approximate surface area is 95.1 Å². The molecule has 0 atom stereocenters. The minimum absolute atomic E-state index is 0.257. The topological polar surface area (TPSA) is 23.2 Å². The summed E-state index contributed by atoms with van der Waals surface area (Å²) in [6.07, 6.45) is 0. The summed E-state index contributed by atoms with van der Waals surface area (Å²) in [5.41, 5.74) is 1.73. The zero-order valence-corrected chi connectivity index (χ0v) is 8.88. The van der Waals surface area contributed by atoms with Crippen molar-refractivity contribution in [2.75, 3.05) is 0 Å². The molecule has 0 heterocycles. The third-order valence-corrected chi connectivity index (χ3v) is 2.32. The molecule has 0 spiro atoms. The predicted molar refractivity (Wildman–Crippen MR) is 65.0 cm³/mol. The molecule has 0 unspecified atom stereocenters. The Bertz CT molecular complexity index is 491. The van der Waals surface area contributed by atoms with Crippen LogP contribution in [0.1, 0.15) is 5.56 Å². The van der Waals surface area contributed by atoms with E-state index < -0.39 is 0 Å². The molecule has 0 aliphatic carbocycles. The number of phenolic OH excluding ortho intramolecular Hbond substituents is 1. The minimum Gasteiger partial charge on any atom is -0.542 e. The van der Waals surface area contributed by atoms with Crippen LogP contribution >= 0.6 is 0 Å². The second-order valence-electron chi connectivity index (χ2n) is 3.49. The number of aromatic hydroxyl groups is 1. The molecule has 0 radical (unpaired) electrons. The van der Waals surface area contributed by atoms with Gasteiger partial charge in [0.05, 0.1) is 12.5 Å². The molecule has 16 heavy (non-hydrogen) atoms. The van der Waals surface area contributed by atoms with E-state index in [1.54, 1.807) is 23.3 Å². The van der Waals surface area contributed by atoms with Crippen molar-refractivity contribution in [3.05, 3.63) is 66.7 Å². The normalized spacial score (nSPS) is 9.75. The van der Waals surface area contributed by atoms with Crippen LogP contribution in [0, 0.1) is 6.54 Å². The molecular weight excluding hydrogens is 198 g/mol. The van der Waals surface area contributed by atoms with Crippen molar-refractivity contribution in [3.63, 3.8) is 0 Å². The summed E-state index contributed by atoms with van der Waals surface area (Å²) in [6, 6.07) is 17.0. The number of hydrogen-bond donors (Lipinski definition) is 1. The summed E-state index contributed by atoms with van der Waals surface area (Å²) in [7, 11) is 0. The van der Waals surface area contributed by atoms with E-state index in [1.165, 1.54) is 0 Å². The third-order valence-electron chi connectivity index (χ3n) is 2.32. The molecule has 0 saturated carbocycles. The number of rotatable bonds is 3. The quantitative estimate of drug-likeness (QED) is 0.471. The van der Waals surface area contributed by atoms with Gasteiger partial charge in [0.25, 0.3) is 0 Å². The zero-order chi connectivity index (χ0) is 11.4. The molecule has 0 aromatic heterocycles. The molecule has 0 aliphatic rings. The number of benzene rings is 2. The fourth-order valence-electron chi connectivity index (χ4n) is 1.46. The molecule has 0 aliphatic heterocycles. The minimum atomic E-state index is 0.257. The first-order valence-corrected chi connectivity index (χ1v) is 5.05. The van der Waals surface area contributed by atoms with Crippen LogP contribution in [0.25, 0.3) is 0 Å². The maximum Gasteiger partial charge on any atom is 0.147 e. The molecule has 0 amide bonds. The molecule has 2 heteroatoms. The van der Waals surface area contributed by atoms with Gasteiger partial charge in [0.15, 0.2) is 0 Å². The summed E-state index contributed by atoms with van der Waals surface area (Å²) >= 11 is 0. The fourth-order valence-corrected chi connectivity index (χ4v) is 1.46. The molecule has 0 fully saturated rings. The fraction of sp³-hybridized carbons (Fsp3) is 0. The Kier molecular flexibility index (Phi) is 2.92. The number of phenols is 1.